The van der Waals surface area contributed by atoms with Gasteiger partial charge in [-0.05, 0) is 47.5 Å². The van der Waals surface area contributed by atoms with E-state index >= 15 is 0 Å². The summed E-state index contributed by atoms with van der Waals surface area (Å²) in [6, 6.07) is 19.5. The number of ether oxygens (including phenoxy) is 1. The molecule has 4 aromatic rings. The van der Waals surface area contributed by atoms with E-state index in [1.165, 1.54) is 24.3 Å². The number of H-pyrrole nitrogens is 2. The molecular weight excluding hydrogens is 394 g/mol. The lowest BCUT2D eigenvalue weighted by Gasteiger charge is -2.05. The van der Waals surface area contributed by atoms with E-state index in [9.17, 15) is 14.7 Å². The molecule has 2 aromatic heterocycles. The third kappa shape index (κ3) is 5.16. The van der Waals surface area contributed by atoms with Gasteiger partial charge in [0.1, 0.15) is 28.8 Å². The number of aromatic hydroxyl groups is 1. The molecule has 154 valence electrons. The third-order valence-corrected chi connectivity index (χ3v) is 4.49. The van der Waals surface area contributed by atoms with Crippen LogP contribution in [0.3, 0.4) is 0 Å². The van der Waals surface area contributed by atoms with Crippen molar-refractivity contribution < 1.29 is 9.84 Å². The standard InChI is InChI=1S/C24H19N3O4/c28-19-9-6-16(7-10-19)12-21-23(29)27-22(24(30)26-21)13-18-8-11-20(14-25-18)31-15-17-4-2-1-3-5-17/h1-14,28H,15H2,(H,26,30)(H,27,29)/b21-12+,22-13+. The van der Waals surface area contributed by atoms with Crippen LogP contribution in [-0.4, -0.2) is 20.1 Å². The molecule has 4 rings (SSSR count). The van der Waals surface area contributed by atoms with Crippen molar-refractivity contribution in [1.29, 1.82) is 0 Å². The third-order valence-electron chi connectivity index (χ3n) is 4.49. The maximum absolute atomic E-state index is 12.4. The molecule has 0 aliphatic rings. The number of hydrogen-bond donors (Lipinski definition) is 3. The average molecular weight is 413 g/mol. The van der Waals surface area contributed by atoms with Crippen LogP contribution in [-0.2, 0) is 6.61 Å². The van der Waals surface area contributed by atoms with E-state index in [1.54, 1.807) is 30.5 Å². The van der Waals surface area contributed by atoms with E-state index in [4.69, 9.17) is 4.74 Å². The van der Waals surface area contributed by atoms with Gasteiger partial charge >= 0.3 is 0 Å². The smallest absolute Gasteiger partial charge is 0.272 e. The highest BCUT2D eigenvalue weighted by atomic mass is 16.5. The Bertz CT molecular complexity index is 1410. The summed E-state index contributed by atoms with van der Waals surface area (Å²) >= 11 is 0. The Balaban J connectivity index is 1.56. The molecule has 0 aliphatic heterocycles. The number of pyridine rings is 1. The molecule has 0 saturated carbocycles. The number of phenolic OH excluding ortho intramolecular Hbond substituents is 1. The lowest BCUT2D eigenvalue weighted by molar-refractivity contribution is 0.305. The topological polar surface area (TPSA) is 108 Å². The largest absolute Gasteiger partial charge is 0.508 e. The molecule has 7 nitrogen and oxygen atoms in total. The van der Waals surface area contributed by atoms with Gasteiger partial charge in [-0.25, -0.2) is 0 Å². The van der Waals surface area contributed by atoms with Crippen molar-refractivity contribution in [2.75, 3.05) is 0 Å². The van der Waals surface area contributed by atoms with Crippen molar-refractivity contribution in [2.45, 2.75) is 6.61 Å². The van der Waals surface area contributed by atoms with Gasteiger partial charge in [-0.3, -0.25) is 14.6 Å². The maximum Gasteiger partial charge on any atom is 0.272 e. The van der Waals surface area contributed by atoms with Gasteiger partial charge < -0.3 is 19.8 Å². The molecule has 0 unspecified atom stereocenters. The molecule has 0 bridgehead atoms. The number of phenols is 1. The van der Waals surface area contributed by atoms with Crippen LogP contribution in [0.25, 0.3) is 12.2 Å². The van der Waals surface area contributed by atoms with Crippen LogP contribution < -0.4 is 26.6 Å². The van der Waals surface area contributed by atoms with Gasteiger partial charge in [-0.2, -0.15) is 0 Å². The normalized spacial score (nSPS) is 12.1. The lowest BCUT2D eigenvalue weighted by atomic mass is 10.2. The fraction of sp³-hybridized carbons (Fsp3) is 0.0417. The van der Waals surface area contributed by atoms with Crippen molar-refractivity contribution in [1.82, 2.24) is 15.0 Å². The first-order valence-corrected chi connectivity index (χ1v) is 9.55. The summed E-state index contributed by atoms with van der Waals surface area (Å²) in [4.78, 5) is 34.2. The van der Waals surface area contributed by atoms with Gasteiger partial charge in [0.05, 0.1) is 11.9 Å². The van der Waals surface area contributed by atoms with Crippen LogP contribution in [0.2, 0.25) is 0 Å². The minimum absolute atomic E-state index is 0.0957. The fourth-order valence-electron chi connectivity index (χ4n) is 2.88. The second kappa shape index (κ2) is 8.96. The Morgan fingerprint density at radius 3 is 2.16 bits per heavy atom. The summed E-state index contributed by atoms with van der Waals surface area (Å²) in [6.45, 7) is 0.428. The van der Waals surface area contributed by atoms with E-state index in [1.807, 2.05) is 30.3 Å². The van der Waals surface area contributed by atoms with Gasteiger partial charge in [-0.15, -0.1) is 0 Å². The number of aromatic nitrogens is 3. The number of rotatable bonds is 5. The highest BCUT2D eigenvalue weighted by Crippen LogP contribution is 2.12. The monoisotopic (exact) mass is 413 g/mol. The summed E-state index contributed by atoms with van der Waals surface area (Å²) in [5, 5.41) is 9.55. The molecule has 0 spiro atoms. The highest BCUT2D eigenvalue weighted by molar-refractivity contribution is 5.49. The minimum Gasteiger partial charge on any atom is -0.508 e. The Labute approximate surface area is 176 Å². The van der Waals surface area contributed by atoms with Crippen molar-refractivity contribution in [3.8, 4) is 11.5 Å². The second-order valence-corrected chi connectivity index (χ2v) is 6.81. The Hall–Kier alpha value is -4.39. The zero-order valence-corrected chi connectivity index (χ0v) is 16.4. The van der Waals surface area contributed by atoms with Crippen LogP contribution in [0.1, 0.15) is 16.8 Å². The molecule has 0 radical (unpaired) electrons. The van der Waals surface area contributed by atoms with Crippen LogP contribution in [0.5, 0.6) is 11.5 Å². The molecule has 0 fully saturated rings. The number of nitrogens with one attached hydrogen (secondary N) is 2. The average Bonchev–Trinajstić information content (AvgIpc) is 2.79. The Kier molecular flexibility index (Phi) is 5.75. The zero-order chi connectivity index (χ0) is 21.6. The van der Waals surface area contributed by atoms with Gasteiger partial charge in [-0.1, -0.05) is 42.5 Å². The van der Waals surface area contributed by atoms with Crippen molar-refractivity contribution in [3.05, 3.63) is 121 Å². The first kappa shape index (κ1) is 19.9. The molecule has 0 aliphatic carbocycles. The molecule has 2 aromatic carbocycles. The van der Waals surface area contributed by atoms with Crippen molar-refractivity contribution in [2.24, 2.45) is 0 Å². The Morgan fingerprint density at radius 2 is 1.52 bits per heavy atom. The van der Waals surface area contributed by atoms with Crippen molar-refractivity contribution in [3.63, 3.8) is 0 Å². The van der Waals surface area contributed by atoms with E-state index in [2.05, 4.69) is 15.0 Å². The van der Waals surface area contributed by atoms with Crippen LogP contribution in [0, 0.1) is 0 Å². The molecule has 0 saturated heterocycles. The van der Waals surface area contributed by atoms with E-state index < -0.39 is 11.1 Å². The first-order valence-electron chi connectivity index (χ1n) is 9.55. The summed E-state index contributed by atoms with van der Waals surface area (Å²) < 4.78 is 5.70. The van der Waals surface area contributed by atoms with E-state index in [0.29, 0.717) is 23.6 Å². The number of nitrogens with zero attached hydrogens (tertiary/aromatic N) is 1. The summed E-state index contributed by atoms with van der Waals surface area (Å²) in [5.74, 6) is 0.718. The summed E-state index contributed by atoms with van der Waals surface area (Å²) in [5.41, 5.74) is 1.33. The van der Waals surface area contributed by atoms with E-state index in [0.717, 1.165) is 5.56 Å². The van der Waals surface area contributed by atoms with Gasteiger partial charge in [0.2, 0.25) is 0 Å². The minimum atomic E-state index is -0.448. The SMILES string of the molecule is O=c1[nH]/c(=C/c2ccc(OCc3ccccc3)cn2)c(=O)[nH]/c1=C/c1ccc(O)cc1. The number of hydrogen-bond acceptors (Lipinski definition) is 5. The summed E-state index contributed by atoms with van der Waals surface area (Å²) in [7, 11) is 0. The maximum atomic E-state index is 12.4. The van der Waals surface area contributed by atoms with Gasteiger partial charge in [0.15, 0.2) is 0 Å². The molecule has 0 amide bonds. The van der Waals surface area contributed by atoms with Crippen LogP contribution in [0.4, 0.5) is 0 Å². The predicted molar refractivity (Wildman–Crippen MR) is 117 cm³/mol. The zero-order valence-electron chi connectivity index (χ0n) is 16.4. The van der Waals surface area contributed by atoms with Gasteiger partial charge in [0.25, 0.3) is 11.1 Å². The molecule has 31 heavy (non-hydrogen) atoms. The first-order chi connectivity index (χ1) is 15.1. The number of aromatic amines is 2. The highest BCUT2D eigenvalue weighted by Gasteiger charge is 2.00. The quantitative estimate of drug-likeness (QED) is 0.458. The van der Waals surface area contributed by atoms with Gasteiger partial charge in [0, 0.05) is 0 Å². The number of benzene rings is 2. The lowest BCUT2D eigenvalue weighted by Crippen LogP contribution is -2.46. The van der Waals surface area contributed by atoms with Crippen LogP contribution >= 0.6 is 0 Å². The molecule has 0 atom stereocenters. The van der Waals surface area contributed by atoms with Crippen LogP contribution in [0.15, 0.2) is 82.5 Å². The van der Waals surface area contributed by atoms with Crippen molar-refractivity contribution >= 4 is 12.2 Å². The molecule has 3 N–H and O–H groups in total. The molecule has 7 heteroatoms. The Morgan fingerprint density at radius 1 is 0.839 bits per heavy atom. The second-order valence-electron chi connectivity index (χ2n) is 6.81. The van der Waals surface area contributed by atoms with E-state index in [-0.39, 0.29) is 16.4 Å². The predicted octanol–water partition coefficient (Wildman–Crippen LogP) is 1.40. The molecule has 2 heterocycles. The fourth-order valence-corrected chi connectivity index (χ4v) is 2.88. The summed E-state index contributed by atoms with van der Waals surface area (Å²) in [6.07, 6.45) is 4.58. The molecular formula is C24H19N3O4.